The first-order valence-corrected chi connectivity index (χ1v) is 12.0. The van der Waals surface area contributed by atoms with Gasteiger partial charge in [0.25, 0.3) is 0 Å². The van der Waals surface area contributed by atoms with E-state index in [1.54, 1.807) is 6.07 Å². The number of fused-ring (bicyclic) bond motifs is 1. The number of anilines is 3. The minimum absolute atomic E-state index is 0.145. The summed E-state index contributed by atoms with van der Waals surface area (Å²) in [5.74, 6) is -0.403. The van der Waals surface area contributed by atoms with E-state index < -0.39 is 6.04 Å². The van der Waals surface area contributed by atoms with Crippen molar-refractivity contribution in [2.75, 3.05) is 41.7 Å². The summed E-state index contributed by atoms with van der Waals surface area (Å²) in [4.78, 5) is 17.8. The molecule has 0 spiro atoms. The Hall–Kier alpha value is -3.38. The number of hydrogen-bond acceptors (Lipinski definition) is 4. The van der Waals surface area contributed by atoms with E-state index in [2.05, 4.69) is 63.8 Å². The van der Waals surface area contributed by atoms with Gasteiger partial charge in [-0.1, -0.05) is 42.5 Å². The maximum Gasteiger partial charge on any atom is 0.247 e. The molecule has 0 saturated carbocycles. The standard InChI is InChI=1S/C28H31FN4O/c1-19-11-12-25(29)24-18-26(31-27(19)24)28(34)30-22-9-6-10-23(17-22)33-15-13-32(14-16-33)20(2)21-7-4-3-5-8-21/h3-12,17,20,26,31H,13-16,18H2,1-2H3,(H,30,34). The molecule has 2 heterocycles. The van der Waals surface area contributed by atoms with Crippen LogP contribution in [0.2, 0.25) is 0 Å². The lowest BCUT2D eigenvalue weighted by Crippen LogP contribution is -2.47. The summed E-state index contributed by atoms with van der Waals surface area (Å²) < 4.78 is 14.2. The SMILES string of the molecule is Cc1ccc(F)c2c1NC(C(=O)Nc1cccc(N3CCN(C(C)c4ccccc4)CC3)c1)C2. The summed E-state index contributed by atoms with van der Waals surface area (Å²) in [6.45, 7) is 8.04. The molecular formula is C28H31FN4O. The highest BCUT2D eigenvalue weighted by molar-refractivity contribution is 5.98. The van der Waals surface area contributed by atoms with E-state index in [0.29, 0.717) is 18.0 Å². The number of nitrogens with zero attached hydrogens (tertiary/aromatic N) is 2. The largest absolute Gasteiger partial charge is 0.373 e. The number of piperazine rings is 1. The molecule has 1 fully saturated rings. The molecule has 2 unspecified atom stereocenters. The van der Waals surface area contributed by atoms with E-state index in [-0.39, 0.29) is 11.7 Å². The predicted octanol–water partition coefficient (Wildman–Crippen LogP) is 4.99. The Kier molecular flexibility index (Phi) is 6.24. The lowest BCUT2D eigenvalue weighted by molar-refractivity contribution is -0.116. The molecule has 2 aliphatic heterocycles. The number of aryl methyl sites for hydroxylation is 1. The Labute approximate surface area is 200 Å². The van der Waals surface area contributed by atoms with Gasteiger partial charge in [-0.05, 0) is 49.2 Å². The zero-order valence-corrected chi connectivity index (χ0v) is 19.7. The van der Waals surface area contributed by atoms with Gasteiger partial charge in [-0.3, -0.25) is 9.69 Å². The van der Waals surface area contributed by atoms with Gasteiger partial charge >= 0.3 is 0 Å². The van der Waals surface area contributed by atoms with Crippen LogP contribution in [-0.4, -0.2) is 43.0 Å². The van der Waals surface area contributed by atoms with Crippen LogP contribution in [0.25, 0.3) is 0 Å². The fourth-order valence-corrected chi connectivity index (χ4v) is 5.05. The first kappa shape index (κ1) is 22.4. The van der Waals surface area contributed by atoms with Gasteiger partial charge in [0.15, 0.2) is 0 Å². The molecule has 2 aliphatic rings. The number of carbonyl (C=O) groups is 1. The van der Waals surface area contributed by atoms with E-state index in [0.717, 1.165) is 48.8 Å². The van der Waals surface area contributed by atoms with Crippen molar-refractivity contribution in [1.82, 2.24) is 4.90 Å². The lowest BCUT2D eigenvalue weighted by atomic mass is 10.1. The topological polar surface area (TPSA) is 47.6 Å². The number of carbonyl (C=O) groups excluding carboxylic acids is 1. The summed E-state index contributed by atoms with van der Waals surface area (Å²) in [5.41, 5.74) is 5.51. The predicted molar refractivity (Wildman–Crippen MR) is 136 cm³/mol. The van der Waals surface area contributed by atoms with E-state index in [1.807, 2.05) is 25.1 Å². The van der Waals surface area contributed by atoms with Crippen molar-refractivity contribution >= 4 is 23.0 Å². The minimum atomic E-state index is -0.475. The van der Waals surface area contributed by atoms with Crippen LogP contribution in [0.1, 0.15) is 29.7 Å². The molecular weight excluding hydrogens is 427 g/mol. The average molecular weight is 459 g/mol. The minimum Gasteiger partial charge on any atom is -0.373 e. The van der Waals surface area contributed by atoms with E-state index in [1.165, 1.54) is 11.6 Å². The first-order valence-electron chi connectivity index (χ1n) is 12.0. The molecule has 3 aromatic rings. The van der Waals surface area contributed by atoms with Gasteiger partial charge in [-0.2, -0.15) is 0 Å². The molecule has 34 heavy (non-hydrogen) atoms. The molecule has 3 aromatic carbocycles. The zero-order valence-electron chi connectivity index (χ0n) is 19.7. The smallest absolute Gasteiger partial charge is 0.247 e. The highest BCUT2D eigenvalue weighted by atomic mass is 19.1. The fraction of sp³-hybridized carbons (Fsp3) is 0.321. The van der Waals surface area contributed by atoms with E-state index in [4.69, 9.17) is 0 Å². The second-order valence-corrected chi connectivity index (χ2v) is 9.27. The fourth-order valence-electron chi connectivity index (χ4n) is 5.05. The van der Waals surface area contributed by atoms with Crippen molar-refractivity contribution in [2.24, 2.45) is 0 Å². The third kappa shape index (κ3) is 4.50. The van der Waals surface area contributed by atoms with E-state index >= 15 is 0 Å². The number of benzene rings is 3. The summed E-state index contributed by atoms with van der Waals surface area (Å²) in [7, 11) is 0. The molecule has 1 amide bonds. The molecule has 0 aromatic heterocycles. The Bertz CT molecular complexity index is 1140. The van der Waals surface area contributed by atoms with Gasteiger partial charge in [-0.25, -0.2) is 4.39 Å². The second-order valence-electron chi connectivity index (χ2n) is 9.27. The van der Waals surface area contributed by atoms with Gasteiger partial charge in [0.1, 0.15) is 11.9 Å². The molecule has 1 saturated heterocycles. The number of nitrogens with one attached hydrogen (secondary N) is 2. The number of hydrogen-bond donors (Lipinski definition) is 2. The third-order valence-corrected chi connectivity index (χ3v) is 7.13. The summed E-state index contributed by atoms with van der Waals surface area (Å²) in [6.07, 6.45) is 0.357. The molecule has 0 bridgehead atoms. The van der Waals surface area contributed by atoms with Crippen LogP contribution < -0.4 is 15.5 Å². The molecule has 0 radical (unpaired) electrons. The maximum atomic E-state index is 14.2. The monoisotopic (exact) mass is 458 g/mol. The normalized spacial score (nSPS) is 18.8. The van der Waals surface area contributed by atoms with Crippen LogP contribution in [0.3, 0.4) is 0 Å². The van der Waals surface area contributed by atoms with Crippen molar-refractivity contribution in [1.29, 1.82) is 0 Å². The molecule has 176 valence electrons. The van der Waals surface area contributed by atoms with Gasteiger partial charge < -0.3 is 15.5 Å². The molecule has 6 heteroatoms. The van der Waals surface area contributed by atoms with Crippen LogP contribution >= 0.6 is 0 Å². The molecule has 2 N–H and O–H groups in total. The molecule has 5 rings (SSSR count). The lowest BCUT2D eigenvalue weighted by Gasteiger charge is -2.39. The molecule has 0 aliphatic carbocycles. The highest BCUT2D eigenvalue weighted by Crippen LogP contribution is 2.32. The molecule has 5 nitrogen and oxygen atoms in total. The van der Waals surface area contributed by atoms with Gasteiger partial charge in [0.05, 0.1) is 0 Å². The average Bonchev–Trinajstić information content (AvgIpc) is 3.34. The van der Waals surface area contributed by atoms with Crippen LogP contribution in [-0.2, 0) is 11.2 Å². The summed E-state index contributed by atoms with van der Waals surface area (Å²) in [5, 5.41) is 6.23. The summed E-state index contributed by atoms with van der Waals surface area (Å²) in [6, 6.07) is 21.8. The van der Waals surface area contributed by atoms with Crippen LogP contribution in [0.4, 0.5) is 21.5 Å². The Morgan fingerprint density at radius 3 is 2.53 bits per heavy atom. The Morgan fingerprint density at radius 1 is 1.03 bits per heavy atom. The van der Waals surface area contributed by atoms with Gasteiger partial charge in [0.2, 0.25) is 5.91 Å². The van der Waals surface area contributed by atoms with Crippen molar-refractivity contribution in [3.8, 4) is 0 Å². The second kappa shape index (κ2) is 9.47. The Balaban J connectivity index is 1.20. The van der Waals surface area contributed by atoms with Crippen LogP contribution in [0.15, 0.2) is 66.7 Å². The number of halogens is 1. The van der Waals surface area contributed by atoms with Crippen molar-refractivity contribution < 1.29 is 9.18 Å². The van der Waals surface area contributed by atoms with Crippen LogP contribution in [0, 0.1) is 12.7 Å². The van der Waals surface area contributed by atoms with Gasteiger partial charge in [0, 0.05) is 61.3 Å². The van der Waals surface area contributed by atoms with Crippen molar-refractivity contribution in [3.63, 3.8) is 0 Å². The maximum absolute atomic E-state index is 14.2. The number of amides is 1. The first-order chi connectivity index (χ1) is 16.5. The van der Waals surface area contributed by atoms with Crippen molar-refractivity contribution in [3.05, 3.63) is 89.2 Å². The van der Waals surface area contributed by atoms with Crippen molar-refractivity contribution in [2.45, 2.75) is 32.4 Å². The summed E-state index contributed by atoms with van der Waals surface area (Å²) >= 11 is 0. The third-order valence-electron chi connectivity index (χ3n) is 7.13. The Morgan fingerprint density at radius 2 is 1.79 bits per heavy atom. The van der Waals surface area contributed by atoms with Gasteiger partial charge in [-0.15, -0.1) is 0 Å². The highest BCUT2D eigenvalue weighted by Gasteiger charge is 2.30. The van der Waals surface area contributed by atoms with Crippen LogP contribution in [0.5, 0.6) is 0 Å². The zero-order chi connectivity index (χ0) is 23.7. The molecule has 2 atom stereocenters. The quantitative estimate of drug-likeness (QED) is 0.565. The number of rotatable bonds is 5. The van der Waals surface area contributed by atoms with E-state index in [9.17, 15) is 9.18 Å².